The molecule has 2 saturated heterocycles. The molecule has 0 amide bonds. The van der Waals surface area contributed by atoms with Crippen molar-refractivity contribution in [3.05, 3.63) is 71.1 Å². The molecule has 1 aliphatic carbocycles. The van der Waals surface area contributed by atoms with Gasteiger partial charge in [-0.15, -0.1) is 0 Å². The van der Waals surface area contributed by atoms with Crippen molar-refractivity contribution in [2.24, 2.45) is 0 Å². The molecule has 40 heavy (non-hydrogen) atoms. The number of carbonyl (C=O) groups excluding carboxylic acids is 3. The van der Waals surface area contributed by atoms with Crippen molar-refractivity contribution in [2.75, 3.05) is 31.1 Å². The number of carboxylic acids is 1. The number of anilines is 1. The Balaban J connectivity index is 0.00000103. The van der Waals surface area contributed by atoms with Gasteiger partial charge in [-0.25, -0.2) is 4.58 Å². The lowest BCUT2D eigenvalue weighted by Gasteiger charge is -2.24. The average molecular weight is 539 g/mol. The van der Waals surface area contributed by atoms with Crippen LogP contribution in [0, 0.1) is 0 Å². The Morgan fingerprint density at radius 3 is 2.25 bits per heavy atom. The molecule has 0 spiro atoms. The van der Waals surface area contributed by atoms with E-state index in [-0.39, 0.29) is 17.1 Å². The van der Waals surface area contributed by atoms with Gasteiger partial charge in [0.1, 0.15) is 24.4 Å². The summed E-state index contributed by atoms with van der Waals surface area (Å²) in [6, 6.07) is 18.4. The van der Waals surface area contributed by atoms with Crippen LogP contribution in [0.25, 0.3) is 33.4 Å². The zero-order valence-corrected chi connectivity index (χ0v) is 23.3. The van der Waals surface area contributed by atoms with E-state index in [2.05, 4.69) is 66.6 Å². The fraction of sp³-hybridized carbons (Fsp3) is 0.364. The second-order valence-electron chi connectivity index (χ2n) is 11.6. The fourth-order valence-corrected chi connectivity index (χ4v) is 5.90. The molecule has 2 fully saturated rings. The standard InChI is InChI=1S/C32H34N2O3.CO2/c1-32(2,3)21-8-11-24(31(35)36)27(18-21)30-25-12-9-22(33-14-4-5-15-33)19-28(25)37-29-20-23(10-13-26(29)30)34-16-6-7-17-34;2-1-3/h8-13,18-20H,4-7,14-17H2,1-3H3;. The number of hydrogen-bond donors (Lipinski definition) is 0. The molecule has 0 bridgehead atoms. The summed E-state index contributed by atoms with van der Waals surface area (Å²) >= 11 is 0. The number of carboxylic acid groups (broad SMARTS) is 1. The van der Waals surface area contributed by atoms with Crippen molar-refractivity contribution in [1.29, 1.82) is 0 Å². The molecule has 3 heterocycles. The number of nitrogens with zero attached hydrogens (tertiary/aromatic N) is 2. The Labute approximate surface area is 233 Å². The Morgan fingerprint density at radius 2 is 1.60 bits per heavy atom. The van der Waals surface area contributed by atoms with Crippen LogP contribution in [0.4, 0.5) is 5.69 Å². The maximum atomic E-state index is 12.3. The predicted molar refractivity (Wildman–Crippen MR) is 152 cm³/mol. The van der Waals surface area contributed by atoms with E-state index in [1.54, 1.807) is 6.07 Å². The first-order valence-electron chi connectivity index (χ1n) is 13.9. The van der Waals surface area contributed by atoms with Crippen LogP contribution in [0.1, 0.15) is 62.4 Å². The van der Waals surface area contributed by atoms with Crippen LogP contribution >= 0.6 is 0 Å². The van der Waals surface area contributed by atoms with Gasteiger partial charge in [0, 0.05) is 65.8 Å². The monoisotopic (exact) mass is 538 g/mol. The summed E-state index contributed by atoms with van der Waals surface area (Å²) in [5, 5.41) is 14.4. The molecule has 0 aromatic heterocycles. The van der Waals surface area contributed by atoms with Gasteiger partial charge < -0.3 is 19.2 Å². The van der Waals surface area contributed by atoms with Gasteiger partial charge in [0.15, 0.2) is 0 Å². The van der Waals surface area contributed by atoms with E-state index in [1.807, 2.05) is 12.1 Å². The van der Waals surface area contributed by atoms with Crippen LogP contribution in [-0.4, -0.2) is 38.3 Å². The topological polar surface area (TPSA) is 93.7 Å². The molecule has 7 nitrogen and oxygen atoms in total. The molecule has 0 atom stereocenters. The van der Waals surface area contributed by atoms with E-state index < -0.39 is 5.97 Å². The molecular formula is C33H34N2O5. The van der Waals surface area contributed by atoms with Crippen LogP contribution in [-0.2, 0) is 15.0 Å². The summed E-state index contributed by atoms with van der Waals surface area (Å²) in [4.78, 5) is 31.0. The highest BCUT2D eigenvalue weighted by Gasteiger charge is 2.24. The molecule has 0 unspecified atom stereocenters. The van der Waals surface area contributed by atoms with Gasteiger partial charge in [0.25, 0.3) is 0 Å². The molecule has 0 N–H and O–H groups in total. The van der Waals surface area contributed by atoms with Crippen molar-refractivity contribution >= 4 is 28.8 Å². The third kappa shape index (κ3) is 5.30. The summed E-state index contributed by atoms with van der Waals surface area (Å²) < 4.78 is 8.99. The highest BCUT2D eigenvalue weighted by Crippen LogP contribution is 2.43. The summed E-state index contributed by atoms with van der Waals surface area (Å²) in [6.07, 6.45) is 5.05. The normalized spacial score (nSPS) is 15.3. The maximum Gasteiger partial charge on any atom is 0.373 e. The van der Waals surface area contributed by atoms with E-state index in [9.17, 15) is 9.90 Å². The van der Waals surface area contributed by atoms with Crippen molar-refractivity contribution in [3.8, 4) is 22.5 Å². The minimum Gasteiger partial charge on any atom is -0.545 e. The molecule has 3 aliphatic heterocycles. The van der Waals surface area contributed by atoms with E-state index >= 15 is 0 Å². The van der Waals surface area contributed by atoms with Crippen LogP contribution in [0.3, 0.4) is 0 Å². The molecule has 206 valence electrons. The van der Waals surface area contributed by atoms with Gasteiger partial charge in [0.2, 0.25) is 5.36 Å². The summed E-state index contributed by atoms with van der Waals surface area (Å²) in [6.45, 7) is 10.6. The first-order chi connectivity index (χ1) is 19.2. The Kier molecular flexibility index (Phi) is 7.59. The maximum absolute atomic E-state index is 12.3. The average Bonchev–Trinajstić information content (AvgIpc) is 3.66. The SMILES string of the molecule is CC(C)(C)c1ccc(C(=O)[O-])c(-c2c3ccc(=[N+]4CCCC4)cc-3oc3cc(N4CCCC4)ccc23)c1.O=C=O. The molecule has 7 heteroatoms. The second kappa shape index (κ2) is 11.1. The van der Waals surface area contributed by atoms with Gasteiger partial charge in [0.05, 0.1) is 12.0 Å². The van der Waals surface area contributed by atoms with Gasteiger partial charge in [-0.3, -0.25) is 0 Å². The molecule has 0 saturated carbocycles. The lowest BCUT2D eigenvalue weighted by atomic mass is 9.82. The molecule has 4 aliphatic rings. The molecule has 0 radical (unpaired) electrons. The number of rotatable bonds is 3. The van der Waals surface area contributed by atoms with Crippen LogP contribution in [0.5, 0.6) is 0 Å². The number of benzene rings is 3. The van der Waals surface area contributed by atoms with Gasteiger partial charge in [-0.05, 0) is 53.6 Å². The predicted octanol–water partition coefficient (Wildman–Crippen LogP) is 4.45. The molecule has 2 aromatic carbocycles. The number of carbonyl (C=O) groups is 1. The smallest absolute Gasteiger partial charge is 0.373 e. The van der Waals surface area contributed by atoms with Gasteiger partial charge in [-0.2, -0.15) is 9.59 Å². The minimum atomic E-state index is -1.17. The van der Waals surface area contributed by atoms with E-state index in [0.717, 1.165) is 70.6 Å². The van der Waals surface area contributed by atoms with Gasteiger partial charge >= 0.3 is 6.15 Å². The molecular weight excluding hydrogens is 504 g/mol. The van der Waals surface area contributed by atoms with E-state index in [1.165, 1.54) is 25.7 Å². The first-order valence-corrected chi connectivity index (χ1v) is 13.9. The highest BCUT2D eigenvalue weighted by atomic mass is 16.4. The quantitative estimate of drug-likeness (QED) is 0.283. The zero-order chi connectivity index (χ0) is 28.4. The molecule has 6 rings (SSSR count). The Morgan fingerprint density at radius 1 is 0.900 bits per heavy atom. The van der Waals surface area contributed by atoms with Crippen molar-refractivity contribution in [2.45, 2.75) is 51.9 Å². The largest absolute Gasteiger partial charge is 0.545 e. The van der Waals surface area contributed by atoms with E-state index in [4.69, 9.17) is 14.0 Å². The summed E-state index contributed by atoms with van der Waals surface area (Å²) in [5.74, 6) is -0.393. The second-order valence-corrected chi connectivity index (χ2v) is 11.6. The summed E-state index contributed by atoms with van der Waals surface area (Å²) in [5.41, 5.74) is 5.57. The fourth-order valence-electron chi connectivity index (χ4n) is 5.90. The van der Waals surface area contributed by atoms with E-state index in [0.29, 0.717) is 5.56 Å². The third-order valence-corrected chi connectivity index (χ3v) is 8.01. The summed E-state index contributed by atoms with van der Waals surface area (Å²) in [7, 11) is 0. The first kappa shape index (κ1) is 27.4. The lowest BCUT2D eigenvalue weighted by molar-refractivity contribution is -0.255. The van der Waals surface area contributed by atoms with Crippen molar-refractivity contribution in [1.82, 2.24) is 4.58 Å². The third-order valence-electron chi connectivity index (χ3n) is 8.01. The van der Waals surface area contributed by atoms with Crippen LogP contribution in [0.15, 0.2) is 59.0 Å². The Hall–Kier alpha value is -4.22. The van der Waals surface area contributed by atoms with Crippen molar-refractivity contribution in [3.63, 3.8) is 0 Å². The Bertz CT molecular complexity index is 1640. The zero-order valence-electron chi connectivity index (χ0n) is 23.3. The number of fused-ring (bicyclic) bond motifs is 2. The highest BCUT2D eigenvalue weighted by molar-refractivity contribution is 6.07. The number of aromatic carboxylic acids is 1. The molecule has 2 aromatic rings. The lowest BCUT2D eigenvalue weighted by Crippen LogP contribution is -2.26. The van der Waals surface area contributed by atoms with Gasteiger partial charge in [-0.1, -0.05) is 32.9 Å². The van der Waals surface area contributed by atoms with Crippen LogP contribution < -0.4 is 19.9 Å². The number of hydrogen-bond acceptors (Lipinski definition) is 6. The minimum absolute atomic E-state index is 0.129. The van der Waals surface area contributed by atoms with Crippen LogP contribution in [0.2, 0.25) is 0 Å². The van der Waals surface area contributed by atoms with Crippen molar-refractivity contribution < 1.29 is 23.9 Å².